The molecule has 2 rings (SSSR count). The molecule has 0 amide bonds. The van der Waals surface area contributed by atoms with Gasteiger partial charge in [0.2, 0.25) is 0 Å². The van der Waals surface area contributed by atoms with E-state index in [1.54, 1.807) is 12.1 Å². The number of rotatable bonds is 2. The summed E-state index contributed by atoms with van der Waals surface area (Å²) in [5, 5.41) is 9.68. The van der Waals surface area contributed by atoms with E-state index in [2.05, 4.69) is 15.8 Å². The maximum atomic E-state index is 11.1. The van der Waals surface area contributed by atoms with Crippen molar-refractivity contribution in [1.29, 1.82) is 5.26 Å². The van der Waals surface area contributed by atoms with Gasteiger partial charge >= 0.3 is 5.97 Å². The molecule has 0 atom stereocenters. The van der Waals surface area contributed by atoms with Gasteiger partial charge in [0.05, 0.1) is 25.2 Å². The summed E-state index contributed by atoms with van der Waals surface area (Å²) in [5.41, 5.74) is 2.31. The fourth-order valence-electron chi connectivity index (χ4n) is 1.59. The van der Waals surface area contributed by atoms with Crippen LogP contribution in [0.5, 0.6) is 0 Å². The molecule has 0 unspecified atom stereocenters. The predicted octanol–water partition coefficient (Wildman–Crippen LogP) is 1.76. The minimum absolute atomic E-state index is 0.215. The molecule has 2 aromatic rings. The van der Waals surface area contributed by atoms with E-state index >= 15 is 0 Å². The predicted molar refractivity (Wildman–Crippen MR) is 58.7 cm³/mol. The largest absolute Gasteiger partial charge is 0.469 e. The number of ether oxygens (including phenoxy) is 1. The number of hydrogen-bond donors (Lipinski definition) is 1. The van der Waals surface area contributed by atoms with Crippen LogP contribution in [-0.2, 0) is 16.0 Å². The number of aromatic amines is 1. The Hall–Kier alpha value is -2.28. The first-order chi connectivity index (χ1) is 7.72. The van der Waals surface area contributed by atoms with Crippen LogP contribution in [0.3, 0.4) is 0 Å². The lowest BCUT2D eigenvalue weighted by atomic mass is 10.2. The standard InChI is InChI=1S/C12H10N2O2/c1-16-12(15)6-10-5-9-4-8(7-13)2-3-11(9)14-10/h2-5,14H,6H2,1H3. The van der Waals surface area contributed by atoms with Crippen molar-refractivity contribution in [3.8, 4) is 6.07 Å². The van der Waals surface area contributed by atoms with Crippen molar-refractivity contribution in [3.63, 3.8) is 0 Å². The number of carbonyl (C=O) groups excluding carboxylic acids is 1. The molecule has 0 aliphatic carbocycles. The average Bonchev–Trinajstić information content (AvgIpc) is 2.69. The number of H-pyrrole nitrogens is 1. The summed E-state index contributed by atoms with van der Waals surface area (Å²) in [5.74, 6) is -0.285. The Morgan fingerprint density at radius 2 is 2.31 bits per heavy atom. The van der Waals surface area contributed by atoms with E-state index in [9.17, 15) is 4.79 Å². The first kappa shape index (κ1) is 10.2. The fraction of sp³-hybridized carbons (Fsp3) is 0.167. The van der Waals surface area contributed by atoms with Crippen LogP contribution in [0.4, 0.5) is 0 Å². The number of benzene rings is 1. The molecule has 0 fully saturated rings. The number of carbonyl (C=O) groups is 1. The highest BCUT2D eigenvalue weighted by Crippen LogP contribution is 2.17. The molecule has 16 heavy (non-hydrogen) atoms. The Morgan fingerprint density at radius 1 is 1.50 bits per heavy atom. The molecule has 0 bridgehead atoms. The van der Waals surface area contributed by atoms with Gasteiger partial charge in [0.1, 0.15) is 0 Å². The van der Waals surface area contributed by atoms with Gasteiger partial charge in [-0.15, -0.1) is 0 Å². The molecule has 1 N–H and O–H groups in total. The second-order valence-electron chi connectivity index (χ2n) is 3.46. The Labute approximate surface area is 92.4 Å². The van der Waals surface area contributed by atoms with Gasteiger partial charge in [-0.2, -0.15) is 5.26 Å². The monoisotopic (exact) mass is 214 g/mol. The molecule has 0 aliphatic heterocycles. The summed E-state index contributed by atoms with van der Waals surface area (Å²) in [6.45, 7) is 0. The van der Waals surface area contributed by atoms with E-state index in [0.29, 0.717) is 5.56 Å². The zero-order chi connectivity index (χ0) is 11.5. The van der Waals surface area contributed by atoms with Gasteiger partial charge in [0, 0.05) is 16.6 Å². The van der Waals surface area contributed by atoms with Crippen molar-refractivity contribution >= 4 is 16.9 Å². The Bertz CT molecular complexity index is 578. The van der Waals surface area contributed by atoms with Crippen LogP contribution in [0.1, 0.15) is 11.3 Å². The number of fused-ring (bicyclic) bond motifs is 1. The van der Waals surface area contributed by atoms with Crippen molar-refractivity contribution in [2.75, 3.05) is 7.11 Å². The average molecular weight is 214 g/mol. The van der Waals surface area contributed by atoms with E-state index in [0.717, 1.165) is 16.6 Å². The Morgan fingerprint density at radius 3 is 3.00 bits per heavy atom. The topological polar surface area (TPSA) is 65.9 Å². The van der Waals surface area contributed by atoms with E-state index in [-0.39, 0.29) is 12.4 Å². The minimum atomic E-state index is -0.285. The van der Waals surface area contributed by atoms with Gasteiger partial charge in [-0.3, -0.25) is 4.79 Å². The van der Waals surface area contributed by atoms with Gasteiger partial charge in [-0.25, -0.2) is 0 Å². The highest BCUT2D eigenvalue weighted by Gasteiger charge is 2.06. The number of aromatic nitrogens is 1. The van der Waals surface area contributed by atoms with Crippen LogP contribution in [0, 0.1) is 11.3 Å². The molecule has 0 spiro atoms. The third kappa shape index (κ3) is 1.89. The molecule has 4 nitrogen and oxygen atoms in total. The molecule has 0 radical (unpaired) electrons. The van der Waals surface area contributed by atoms with Gasteiger partial charge in [0.25, 0.3) is 0 Å². The normalized spacial score (nSPS) is 10.0. The van der Waals surface area contributed by atoms with Crippen LogP contribution >= 0.6 is 0 Å². The molecule has 80 valence electrons. The highest BCUT2D eigenvalue weighted by atomic mass is 16.5. The maximum absolute atomic E-state index is 11.1. The molecule has 0 saturated heterocycles. The number of nitrogens with zero attached hydrogens (tertiary/aromatic N) is 1. The zero-order valence-corrected chi connectivity index (χ0v) is 8.78. The summed E-state index contributed by atoms with van der Waals surface area (Å²) in [4.78, 5) is 14.2. The van der Waals surface area contributed by atoms with Crippen LogP contribution in [0.15, 0.2) is 24.3 Å². The lowest BCUT2D eigenvalue weighted by Crippen LogP contribution is -2.04. The smallest absolute Gasteiger partial charge is 0.311 e. The molecule has 1 heterocycles. The van der Waals surface area contributed by atoms with Crippen molar-refractivity contribution in [3.05, 3.63) is 35.5 Å². The number of nitrogens with one attached hydrogen (secondary N) is 1. The molecule has 1 aromatic heterocycles. The molecule has 4 heteroatoms. The number of hydrogen-bond acceptors (Lipinski definition) is 3. The molecular weight excluding hydrogens is 204 g/mol. The summed E-state index contributed by atoms with van der Waals surface area (Å²) in [6, 6.07) is 9.28. The van der Waals surface area contributed by atoms with Crippen LogP contribution in [0.2, 0.25) is 0 Å². The molecule has 0 aliphatic rings. The second-order valence-corrected chi connectivity index (χ2v) is 3.46. The molecule has 0 saturated carbocycles. The maximum Gasteiger partial charge on any atom is 0.311 e. The number of methoxy groups -OCH3 is 1. The van der Waals surface area contributed by atoms with Crippen molar-refractivity contribution in [1.82, 2.24) is 4.98 Å². The fourth-order valence-corrected chi connectivity index (χ4v) is 1.59. The summed E-state index contributed by atoms with van der Waals surface area (Å²) < 4.78 is 4.58. The van der Waals surface area contributed by atoms with Crippen LogP contribution in [0.25, 0.3) is 10.9 Å². The number of esters is 1. The summed E-state index contributed by atoms with van der Waals surface area (Å²) in [6.07, 6.45) is 0.215. The highest BCUT2D eigenvalue weighted by molar-refractivity contribution is 5.83. The summed E-state index contributed by atoms with van der Waals surface area (Å²) >= 11 is 0. The van der Waals surface area contributed by atoms with E-state index in [1.807, 2.05) is 12.1 Å². The zero-order valence-electron chi connectivity index (χ0n) is 8.78. The third-order valence-corrected chi connectivity index (χ3v) is 2.37. The van der Waals surface area contributed by atoms with Gasteiger partial charge < -0.3 is 9.72 Å². The molecular formula is C12H10N2O2. The third-order valence-electron chi connectivity index (χ3n) is 2.37. The second kappa shape index (κ2) is 4.07. The number of nitriles is 1. The first-order valence-corrected chi connectivity index (χ1v) is 4.81. The SMILES string of the molecule is COC(=O)Cc1cc2cc(C#N)ccc2[nH]1. The van der Waals surface area contributed by atoms with Gasteiger partial charge in [-0.05, 0) is 24.3 Å². The summed E-state index contributed by atoms with van der Waals surface area (Å²) in [7, 11) is 1.36. The first-order valence-electron chi connectivity index (χ1n) is 4.81. The van der Waals surface area contributed by atoms with E-state index in [1.165, 1.54) is 7.11 Å². The lowest BCUT2D eigenvalue weighted by Gasteiger charge is -1.94. The van der Waals surface area contributed by atoms with Crippen LogP contribution < -0.4 is 0 Å². The van der Waals surface area contributed by atoms with Gasteiger partial charge in [-0.1, -0.05) is 0 Å². The van der Waals surface area contributed by atoms with Crippen molar-refractivity contribution in [2.45, 2.75) is 6.42 Å². The Kier molecular flexibility index (Phi) is 2.61. The Balaban J connectivity index is 2.37. The van der Waals surface area contributed by atoms with Crippen molar-refractivity contribution < 1.29 is 9.53 Å². The molecule has 1 aromatic carbocycles. The quantitative estimate of drug-likeness (QED) is 0.774. The van der Waals surface area contributed by atoms with Crippen molar-refractivity contribution in [2.24, 2.45) is 0 Å². The minimum Gasteiger partial charge on any atom is -0.469 e. The van der Waals surface area contributed by atoms with E-state index in [4.69, 9.17) is 5.26 Å². The lowest BCUT2D eigenvalue weighted by molar-refractivity contribution is -0.139. The van der Waals surface area contributed by atoms with Gasteiger partial charge in [0.15, 0.2) is 0 Å². The van der Waals surface area contributed by atoms with E-state index < -0.39 is 0 Å². The van der Waals surface area contributed by atoms with Crippen LogP contribution in [-0.4, -0.2) is 18.1 Å².